The van der Waals surface area contributed by atoms with Crippen LogP contribution in [0.5, 0.6) is 0 Å². The topological polar surface area (TPSA) is 88.2 Å². The first-order valence-corrected chi connectivity index (χ1v) is 13.5. The Morgan fingerprint density at radius 2 is 1.66 bits per heavy atom. The first kappa shape index (κ1) is 27.8. The van der Waals surface area contributed by atoms with E-state index >= 15 is 0 Å². The van der Waals surface area contributed by atoms with E-state index in [1.165, 1.54) is 4.90 Å². The molecule has 0 aromatic heterocycles. The van der Waals surface area contributed by atoms with Gasteiger partial charge in [0, 0.05) is 38.9 Å². The number of nitrogens with zero attached hydrogens (tertiary/aromatic N) is 2. The molecule has 1 heterocycles. The van der Waals surface area contributed by atoms with Crippen LogP contribution in [0.2, 0.25) is 0 Å². The second-order valence-electron chi connectivity index (χ2n) is 10.3. The Kier molecular flexibility index (Phi) is 9.17. The van der Waals surface area contributed by atoms with Crippen LogP contribution in [0.3, 0.4) is 0 Å². The molecule has 0 radical (unpaired) electrons. The highest BCUT2D eigenvalue weighted by atomic mass is 16.5. The molecule has 2 fully saturated rings. The van der Waals surface area contributed by atoms with Gasteiger partial charge in [-0.1, -0.05) is 49.7 Å². The molecule has 1 saturated carbocycles. The lowest BCUT2D eigenvalue weighted by atomic mass is 9.77. The summed E-state index contributed by atoms with van der Waals surface area (Å²) in [6.07, 6.45) is 2.56. The largest absolute Gasteiger partial charge is 0.379 e. The van der Waals surface area contributed by atoms with Gasteiger partial charge in [0.1, 0.15) is 0 Å². The molecule has 0 bridgehead atoms. The Hall–Kier alpha value is -3.23. The van der Waals surface area contributed by atoms with E-state index in [1.807, 2.05) is 48.2 Å². The number of hydrogen-bond acceptors (Lipinski definition) is 5. The van der Waals surface area contributed by atoms with Crippen LogP contribution >= 0.6 is 0 Å². The normalized spacial score (nSPS) is 23.4. The van der Waals surface area contributed by atoms with Crippen molar-refractivity contribution < 1.29 is 23.9 Å². The maximum absolute atomic E-state index is 13.9. The molecule has 2 aromatic rings. The second kappa shape index (κ2) is 12.5. The number of urea groups is 1. The minimum atomic E-state index is -0.378. The number of amides is 4. The number of hydrogen-bond donors (Lipinski definition) is 1. The minimum Gasteiger partial charge on any atom is -0.379 e. The van der Waals surface area contributed by atoms with Crippen LogP contribution in [0.15, 0.2) is 48.5 Å². The molecule has 0 spiro atoms. The summed E-state index contributed by atoms with van der Waals surface area (Å²) in [6, 6.07) is 14.6. The van der Waals surface area contributed by atoms with Crippen molar-refractivity contribution >= 4 is 17.8 Å². The molecule has 2 aliphatic rings. The molecular formula is C30H39N3O5. The minimum absolute atomic E-state index is 0.122. The summed E-state index contributed by atoms with van der Waals surface area (Å²) in [5, 5.41) is 2.91. The zero-order valence-corrected chi connectivity index (χ0v) is 22.8. The molecule has 1 saturated heterocycles. The Morgan fingerprint density at radius 3 is 2.32 bits per heavy atom. The van der Waals surface area contributed by atoms with E-state index in [4.69, 9.17) is 9.47 Å². The average Bonchev–Trinajstić information content (AvgIpc) is 2.94. The maximum atomic E-state index is 13.9. The Labute approximate surface area is 225 Å². The van der Waals surface area contributed by atoms with Crippen molar-refractivity contribution in [2.45, 2.75) is 70.9 Å². The van der Waals surface area contributed by atoms with Gasteiger partial charge in [-0.15, -0.1) is 0 Å². The first-order valence-electron chi connectivity index (χ1n) is 13.5. The van der Waals surface area contributed by atoms with Crippen LogP contribution in [0.4, 0.5) is 4.79 Å². The summed E-state index contributed by atoms with van der Waals surface area (Å²) in [5.41, 5.74) is 3.50. The van der Waals surface area contributed by atoms with Crippen LogP contribution in [0, 0.1) is 12.8 Å². The molecule has 4 atom stereocenters. The third-order valence-electron chi connectivity index (χ3n) is 7.88. The number of imide groups is 1. The molecule has 8 nitrogen and oxygen atoms in total. The van der Waals surface area contributed by atoms with Crippen molar-refractivity contribution in [1.82, 2.24) is 15.1 Å². The molecule has 1 aliphatic carbocycles. The monoisotopic (exact) mass is 521 g/mol. The summed E-state index contributed by atoms with van der Waals surface area (Å²) >= 11 is 0. The number of ether oxygens (including phenoxy) is 2. The average molecular weight is 522 g/mol. The Bertz CT molecular complexity index is 1130. The molecule has 4 rings (SSSR count). The van der Waals surface area contributed by atoms with Crippen LogP contribution < -0.4 is 5.32 Å². The number of methoxy groups -OCH3 is 2. The second-order valence-corrected chi connectivity index (χ2v) is 10.3. The standard InChI is InChI=1S/C30H39N3O5/c1-5-6-15-31-28(34)22-13-11-21(12-14-22)18-33-29(35)24-16-26(37-3)27(38-4)17-25(24)32(30(33)36)19-23-10-8-7-9-20(23)2/h7-14,24-27H,5-6,15-19H2,1-4H3,(H,31,34). The van der Waals surface area contributed by atoms with Gasteiger partial charge in [0.2, 0.25) is 5.91 Å². The van der Waals surface area contributed by atoms with Gasteiger partial charge in [0.15, 0.2) is 0 Å². The number of rotatable bonds is 10. The van der Waals surface area contributed by atoms with Crippen molar-refractivity contribution in [2.24, 2.45) is 5.92 Å². The van der Waals surface area contributed by atoms with Gasteiger partial charge in [0.25, 0.3) is 5.91 Å². The van der Waals surface area contributed by atoms with Crippen molar-refractivity contribution in [3.63, 3.8) is 0 Å². The predicted molar refractivity (Wildman–Crippen MR) is 144 cm³/mol. The summed E-state index contributed by atoms with van der Waals surface area (Å²) in [4.78, 5) is 43.2. The van der Waals surface area contributed by atoms with Crippen molar-refractivity contribution in [3.8, 4) is 0 Å². The zero-order chi connectivity index (χ0) is 27.2. The summed E-state index contributed by atoms with van der Waals surface area (Å²) < 4.78 is 11.4. The lowest BCUT2D eigenvalue weighted by Crippen LogP contribution is -2.64. The van der Waals surface area contributed by atoms with E-state index in [0.717, 1.165) is 29.5 Å². The molecular weight excluding hydrogens is 482 g/mol. The van der Waals surface area contributed by atoms with E-state index < -0.39 is 0 Å². The van der Waals surface area contributed by atoms with E-state index in [9.17, 15) is 14.4 Å². The van der Waals surface area contributed by atoms with Crippen molar-refractivity contribution in [2.75, 3.05) is 20.8 Å². The third-order valence-corrected chi connectivity index (χ3v) is 7.88. The number of benzene rings is 2. The predicted octanol–water partition coefficient (Wildman–Crippen LogP) is 4.30. The van der Waals surface area contributed by atoms with Gasteiger partial charge in [-0.3, -0.25) is 14.5 Å². The number of fused-ring (bicyclic) bond motifs is 1. The number of unbranched alkanes of at least 4 members (excludes halogenated alkanes) is 1. The highest BCUT2D eigenvalue weighted by Gasteiger charge is 2.51. The summed E-state index contributed by atoms with van der Waals surface area (Å²) in [5.74, 6) is -0.682. The van der Waals surface area contributed by atoms with Gasteiger partial charge in [0.05, 0.1) is 24.7 Å². The van der Waals surface area contributed by atoms with Gasteiger partial charge in [-0.2, -0.15) is 0 Å². The van der Waals surface area contributed by atoms with Gasteiger partial charge < -0.3 is 19.7 Å². The maximum Gasteiger partial charge on any atom is 0.327 e. The van der Waals surface area contributed by atoms with Crippen LogP contribution in [-0.2, 0) is 27.4 Å². The lowest BCUT2D eigenvalue weighted by molar-refractivity contribution is -0.152. The number of carbonyl (C=O) groups excluding carboxylic acids is 3. The fourth-order valence-corrected chi connectivity index (χ4v) is 5.54. The van der Waals surface area contributed by atoms with Crippen LogP contribution in [0.1, 0.15) is 59.7 Å². The highest BCUT2D eigenvalue weighted by Crippen LogP contribution is 2.38. The molecule has 8 heteroatoms. The zero-order valence-electron chi connectivity index (χ0n) is 22.8. The molecule has 38 heavy (non-hydrogen) atoms. The van der Waals surface area contributed by atoms with Crippen LogP contribution in [0.25, 0.3) is 0 Å². The highest BCUT2D eigenvalue weighted by molar-refractivity contribution is 5.99. The smallest absolute Gasteiger partial charge is 0.327 e. The van der Waals surface area contributed by atoms with E-state index in [2.05, 4.69) is 12.2 Å². The third kappa shape index (κ3) is 5.92. The number of carbonyl (C=O) groups is 3. The Morgan fingerprint density at radius 1 is 0.974 bits per heavy atom. The van der Waals surface area contributed by atoms with Gasteiger partial charge in [-0.25, -0.2) is 4.79 Å². The molecule has 1 aliphatic heterocycles. The molecule has 204 valence electrons. The number of nitrogens with one attached hydrogen (secondary N) is 1. The van der Waals surface area contributed by atoms with E-state index in [-0.39, 0.29) is 48.6 Å². The molecule has 4 amide bonds. The summed E-state index contributed by atoms with van der Waals surface area (Å²) in [7, 11) is 3.29. The SMILES string of the molecule is CCCCNC(=O)c1ccc(CN2C(=O)C3CC(OC)C(OC)CC3N(Cc3ccccc3C)C2=O)cc1. The van der Waals surface area contributed by atoms with Crippen LogP contribution in [-0.4, -0.2) is 66.7 Å². The Balaban J connectivity index is 1.58. The van der Waals surface area contributed by atoms with Gasteiger partial charge >= 0.3 is 6.03 Å². The quantitative estimate of drug-likeness (QED) is 0.471. The fourth-order valence-electron chi connectivity index (χ4n) is 5.54. The number of aryl methyl sites for hydroxylation is 1. The van der Waals surface area contributed by atoms with Gasteiger partial charge in [-0.05, 0) is 55.0 Å². The molecule has 4 unspecified atom stereocenters. The first-order chi connectivity index (χ1) is 18.4. The van der Waals surface area contributed by atoms with Crippen molar-refractivity contribution in [3.05, 3.63) is 70.8 Å². The van der Waals surface area contributed by atoms with E-state index in [1.54, 1.807) is 26.4 Å². The lowest BCUT2D eigenvalue weighted by Gasteiger charge is -2.50. The molecule has 1 N–H and O–H groups in total. The molecule has 2 aromatic carbocycles. The summed E-state index contributed by atoms with van der Waals surface area (Å²) in [6.45, 7) is 5.31. The van der Waals surface area contributed by atoms with E-state index in [0.29, 0.717) is 31.5 Å². The fraction of sp³-hybridized carbons (Fsp3) is 0.500. The van der Waals surface area contributed by atoms with Crippen molar-refractivity contribution in [1.29, 1.82) is 0 Å².